The molecule has 0 heterocycles. The second-order valence-electron chi connectivity index (χ2n) is 3.86. The smallest absolute Gasteiger partial charge is 0.132 e. The molecular formula is C11H22O2. The molecule has 0 fully saturated rings. The molecule has 0 rings (SSSR count). The average Bonchev–Trinajstić information content (AvgIpc) is 2.03. The van der Waals surface area contributed by atoms with Gasteiger partial charge in [-0.05, 0) is 18.8 Å². The third kappa shape index (κ3) is 9.54. The van der Waals surface area contributed by atoms with E-state index in [1.807, 2.05) is 6.92 Å². The molecule has 0 aromatic heterocycles. The van der Waals surface area contributed by atoms with Crippen molar-refractivity contribution < 1.29 is 9.53 Å². The minimum Gasteiger partial charge on any atom is -0.381 e. The van der Waals surface area contributed by atoms with Crippen molar-refractivity contribution in [2.75, 3.05) is 13.2 Å². The lowest BCUT2D eigenvalue weighted by molar-refractivity contribution is -0.119. The van der Waals surface area contributed by atoms with Gasteiger partial charge in [0.1, 0.15) is 5.78 Å². The van der Waals surface area contributed by atoms with Crippen molar-refractivity contribution in [1.82, 2.24) is 0 Å². The van der Waals surface area contributed by atoms with E-state index in [2.05, 4.69) is 13.8 Å². The van der Waals surface area contributed by atoms with E-state index in [9.17, 15) is 4.79 Å². The Labute approximate surface area is 81.7 Å². The normalized spacial score (nSPS) is 10.8. The molecule has 0 aliphatic rings. The molecule has 0 aromatic rings. The lowest BCUT2D eigenvalue weighted by atomic mass is 10.1. The lowest BCUT2D eigenvalue weighted by Gasteiger charge is -2.05. The first-order valence-electron chi connectivity index (χ1n) is 5.26. The van der Waals surface area contributed by atoms with E-state index in [0.717, 1.165) is 32.5 Å². The Morgan fingerprint density at radius 1 is 1.31 bits per heavy atom. The van der Waals surface area contributed by atoms with E-state index in [0.29, 0.717) is 18.1 Å². The third-order valence-electron chi connectivity index (χ3n) is 1.72. The molecule has 0 atom stereocenters. The molecule has 2 nitrogen and oxygen atoms in total. The second kappa shape index (κ2) is 8.24. The molecular weight excluding hydrogens is 164 g/mol. The van der Waals surface area contributed by atoms with Gasteiger partial charge in [0.25, 0.3) is 0 Å². The average molecular weight is 186 g/mol. The summed E-state index contributed by atoms with van der Waals surface area (Å²) in [5, 5.41) is 0. The van der Waals surface area contributed by atoms with Crippen LogP contribution in [0.15, 0.2) is 0 Å². The van der Waals surface area contributed by atoms with E-state index in [-0.39, 0.29) is 0 Å². The molecule has 0 bridgehead atoms. The van der Waals surface area contributed by atoms with Crippen molar-refractivity contribution in [2.24, 2.45) is 5.92 Å². The lowest BCUT2D eigenvalue weighted by Crippen LogP contribution is -2.05. The van der Waals surface area contributed by atoms with Gasteiger partial charge in [0.05, 0.1) is 0 Å². The van der Waals surface area contributed by atoms with Gasteiger partial charge in [-0.25, -0.2) is 0 Å². The highest BCUT2D eigenvalue weighted by Gasteiger charge is 2.00. The molecule has 2 heteroatoms. The van der Waals surface area contributed by atoms with Crippen LogP contribution in [-0.4, -0.2) is 19.0 Å². The summed E-state index contributed by atoms with van der Waals surface area (Å²) in [5.74, 6) is 0.960. The summed E-state index contributed by atoms with van der Waals surface area (Å²) >= 11 is 0. The van der Waals surface area contributed by atoms with Gasteiger partial charge >= 0.3 is 0 Å². The van der Waals surface area contributed by atoms with Crippen LogP contribution in [0.4, 0.5) is 0 Å². The van der Waals surface area contributed by atoms with Gasteiger partial charge in [-0.1, -0.05) is 20.8 Å². The first-order chi connectivity index (χ1) is 6.16. The minimum atomic E-state index is 0.371. The van der Waals surface area contributed by atoms with Crippen LogP contribution in [0, 0.1) is 5.92 Å². The largest absolute Gasteiger partial charge is 0.381 e. The zero-order chi connectivity index (χ0) is 10.1. The summed E-state index contributed by atoms with van der Waals surface area (Å²) in [6, 6.07) is 0. The van der Waals surface area contributed by atoms with Gasteiger partial charge in [-0.2, -0.15) is 0 Å². The van der Waals surface area contributed by atoms with Crippen LogP contribution in [0.25, 0.3) is 0 Å². The number of ether oxygens (including phenoxy) is 1. The van der Waals surface area contributed by atoms with Gasteiger partial charge in [-0.15, -0.1) is 0 Å². The molecule has 0 aliphatic heterocycles. The zero-order valence-electron chi connectivity index (χ0n) is 9.14. The fourth-order valence-electron chi connectivity index (χ4n) is 1.09. The molecule has 0 amide bonds. The van der Waals surface area contributed by atoms with Crippen molar-refractivity contribution in [2.45, 2.75) is 46.5 Å². The van der Waals surface area contributed by atoms with Crippen molar-refractivity contribution in [3.8, 4) is 0 Å². The van der Waals surface area contributed by atoms with Crippen molar-refractivity contribution in [3.05, 3.63) is 0 Å². The number of ketones is 1. The molecule has 0 unspecified atom stereocenters. The summed E-state index contributed by atoms with van der Waals surface area (Å²) in [4.78, 5) is 11.1. The Hall–Kier alpha value is -0.370. The molecule has 0 N–H and O–H groups in total. The summed E-state index contributed by atoms with van der Waals surface area (Å²) in [6.45, 7) is 7.83. The first-order valence-corrected chi connectivity index (χ1v) is 5.26. The maximum absolute atomic E-state index is 11.1. The topological polar surface area (TPSA) is 26.3 Å². The van der Waals surface area contributed by atoms with Crippen LogP contribution in [0.1, 0.15) is 46.5 Å². The molecule has 0 aliphatic carbocycles. The summed E-state index contributed by atoms with van der Waals surface area (Å²) in [6.07, 6.45) is 3.26. The Kier molecular flexibility index (Phi) is 8.00. The van der Waals surface area contributed by atoms with Gasteiger partial charge in [-0.3, -0.25) is 4.79 Å². The Morgan fingerprint density at radius 3 is 2.54 bits per heavy atom. The monoisotopic (exact) mass is 186 g/mol. The molecule has 13 heavy (non-hydrogen) atoms. The fraction of sp³-hybridized carbons (Fsp3) is 0.909. The highest BCUT2D eigenvalue weighted by Crippen LogP contribution is 1.99. The summed E-state index contributed by atoms with van der Waals surface area (Å²) in [5.41, 5.74) is 0. The highest BCUT2D eigenvalue weighted by molar-refractivity contribution is 5.78. The van der Waals surface area contributed by atoms with E-state index in [1.165, 1.54) is 0 Å². The number of rotatable bonds is 8. The van der Waals surface area contributed by atoms with Crippen LogP contribution >= 0.6 is 0 Å². The van der Waals surface area contributed by atoms with Gasteiger partial charge in [0.15, 0.2) is 0 Å². The Morgan fingerprint density at radius 2 is 2.00 bits per heavy atom. The van der Waals surface area contributed by atoms with Crippen LogP contribution in [0.5, 0.6) is 0 Å². The van der Waals surface area contributed by atoms with E-state index in [4.69, 9.17) is 4.74 Å². The van der Waals surface area contributed by atoms with Crippen molar-refractivity contribution in [3.63, 3.8) is 0 Å². The first kappa shape index (κ1) is 12.6. The quantitative estimate of drug-likeness (QED) is 0.545. The van der Waals surface area contributed by atoms with Crippen LogP contribution in [-0.2, 0) is 9.53 Å². The minimum absolute atomic E-state index is 0.371. The van der Waals surface area contributed by atoms with Crippen LogP contribution < -0.4 is 0 Å². The van der Waals surface area contributed by atoms with Gasteiger partial charge in [0, 0.05) is 26.1 Å². The Balaban J connectivity index is 3.11. The van der Waals surface area contributed by atoms with Crippen LogP contribution in [0.2, 0.25) is 0 Å². The summed E-state index contributed by atoms with van der Waals surface area (Å²) < 4.78 is 5.37. The SMILES string of the molecule is CCCC(=O)CCCOCC(C)C. The van der Waals surface area contributed by atoms with Crippen molar-refractivity contribution in [1.29, 1.82) is 0 Å². The van der Waals surface area contributed by atoms with Crippen LogP contribution in [0.3, 0.4) is 0 Å². The van der Waals surface area contributed by atoms with Crippen molar-refractivity contribution >= 4 is 5.78 Å². The number of hydrogen-bond donors (Lipinski definition) is 0. The number of carbonyl (C=O) groups excluding carboxylic acids is 1. The van der Waals surface area contributed by atoms with E-state index >= 15 is 0 Å². The predicted octanol–water partition coefficient (Wildman–Crippen LogP) is 2.81. The second-order valence-corrected chi connectivity index (χ2v) is 3.86. The molecule has 0 radical (unpaired) electrons. The number of carbonyl (C=O) groups is 1. The van der Waals surface area contributed by atoms with Gasteiger partial charge < -0.3 is 4.74 Å². The predicted molar refractivity (Wildman–Crippen MR) is 54.8 cm³/mol. The molecule has 0 saturated heterocycles. The summed E-state index contributed by atoms with van der Waals surface area (Å²) in [7, 11) is 0. The standard InChI is InChI=1S/C11H22O2/c1-4-6-11(12)7-5-8-13-9-10(2)3/h10H,4-9H2,1-3H3. The zero-order valence-corrected chi connectivity index (χ0v) is 9.14. The van der Waals surface area contributed by atoms with E-state index in [1.54, 1.807) is 0 Å². The molecule has 0 spiro atoms. The highest BCUT2D eigenvalue weighted by atomic mass is 16.5. The third-order valence-corrected chi connectivity index (χ3v) is 1.72. The number of hydrogen-bond acceptors (Lipinski definition) is 2. The molecule has 0 saturated carbocycles. The van der Waals surface area contributed by atoms with Gasteiger partial charge in [0.2, 0.25) is 0 Å². The Bertz CT molecular complexity index is 130. The molecule has 78 valence electrons. The molecule has 0 aromatic carbocycles. The number of Topliss-reactive ketones (excluding diaryl/α,β-unsaturated/α-hetero) is 1. The maximum Gasteiger partial charge on any atom is 0.132 e. The van der Waals surface area contributed by atoms with E-state index < -0.39 is 0 Å². The maximum atomic E-state index is 11.1. The fourth-order valence-corrected chi connectivity index (χ4v) is 1.09.